The van der Waals surface area contributed by atoms with Crippen molar-refractivity contribution >= 4 is 0 Å². The van der Waals surface area contributed by atoms with E-state index in [2.05, 4.69) is 0 Å². The van der Waals surface area contributed by atoms with Gasteiger partial charge in [0.25, 0.3) is 0 Å². The summed E-state index contributed by atoms with van der Waals surface area (Å²) in [5, 5.41) is 9.67. The van der Waals surface area contributed by atoms with Crippen molar-refractivity contribution in [1.82, 2.24) is 0 Å². The number of rotatable bonds is 3. The van der Waals surface area contributed by atoms with Crippen molar-refractivity contribution in [3.63, 3.8) is 0 Å². The zero-order valence-corrected chi connectivity index (χ0v) is 10.2. The van der Waals surface area contributed by atoms with Crippen LogP contribution in [0.4, 0.5) is 13.2 Å². The number of hydrogen-bond donors (Lipinski definition) is 1. The second kappa shape index (κ2) is 4.69. The fourth-order valence-electron chi connectivity index (χ4n) is 1.79. The minimum absolute atomic E-state index is 0.0512. The Morgan fingerprint density at radius 3 is 2.12 bits per heavy atom. The minimum Gasteiger partial charge on any atom is -0.376 e. The largest absolute Gasteiger partial charge is 0.421 e. The van der Waals surface area contributed by atoms with E-state index in [1.54, 1.807) is 19.1 Å². The summed E-state index contributed by atoms with van der Waals surface area (Å²) in [5.74, 6) is 0. The van der Waals surface area contributed by atoms with Gasteiger partial charge in [-0.1, -0.05) is 32.0 Å². The van der Waals surface area contributed by atoms with E-state index in [0.29, 0.717) is 12.0 Å². The molecular weight excluding hydrogens is 229 g/mol. The molecule has 0 saturated carbocycles. The summed E-state index contributed by atoms with van der Waals surface area (Å²) in [7, 11) is 0. The SMILES string of the molecule is CCc1ccc(C(C)(O)C(F)(F)F)c(CC)c1. The van der Waals surface area contributed by atoms with E-state index < -0.39 is 11.8 Å². The maximum Gasteiger partial charge on any atom is 0.421 e. The lowest BCUT2D eigenvalue weighted by atomic mass is 9.88. The highest BCUT2D eigenvalue weighted by Crippen LogP contribution is 2.40. The minimum atomic E-state index is -4.66. The molecule has 0 heterocycles. The van der Waals surface area contributed by atoms with Crippen LogP contribution in [0, 0.1) is 0 Å². The third-order valence-electron chi connectivity index (χ3n) is 3.04. The first-order valence-electron chi connectivity index (χ1n) is 5.65. The quantitative estimate of drug-likeness (QED) is 0.864. The van der Waals surface area contributed by atoms with Crippen molar-refractivity contribution in [3.05, 3.63) is 34.9 Å². The topological polar surface area (TPSA) is 20.2 Å². The monoisotopic (exact) mass is 246 g/mol. The molecule has 1 rings (SSSR count). The molecule has 1 aromatic rings. The summed E-state index contributed by atoms with van der Waals surface area (Å²) >= 11 is 0. The van der Waals surface area contributed by atoms with Crippen molar-refractivity contribution in [2.45, 2.75) is 45.4 Å². The van der Waals surface area contributed by atoms with Crippen molar-refractivity contribution in [3.8, 4) is 0 Å². The number of alkyl halides is 3. The van der Waals surface area contributed by atoms with E-state index in [9.17, 15) is 18.3 Å². The molecule has 0 amide bonds. The van der Waals surface area contributed by atoms with Gasteiger partial charge in [-0.2, -0.15) is 13.2 Å². The van der Waals surface area contributed by atoms with Gasteiger partial charge in [-0.25, -0.2) is 0 Å². The Morgan fingerprint density at radius 1 is 1.12 bits per heavy atom. The summed E-state index contributed by atoms with van der Waals surface area (Å²) < 4.78 is 38.3. The maximum atomic E-state index is 12.8. The molecule has 0 radical (unpaired) electrons. The van der Waals surface area contributed by atoms with E-state index >= 15 is 0 Å². The van der Waals surface area contributed by atoms with Gasteiger partial charge in [-0.05, 0) is 36.5 Å². The van der Waals surface area contributed by atoms with Gasteiger partial charge in [0.15, 0.2) is 5.60 Å². The van der Waals surface area contributed by atoms with Crippen molar-refractivity contribution in [1.29, 1.82) is 0 Å². The molecule has 1 N–H and O–H groups in total. The summed E-state index contributed by atoms with van der Waals surface area (Å²) in [6.45, 7) is 4.52. The van der Waals surface area contributed by atoms with Crippen LogP contribution < -0.4 is 0 Å². The number of halogens is 3. The molecule has 96 valence electrons. The third kappa shape index (κ3) is 2.63. The molecular formula is C13H17F3O. The van der Waals surface area contributed by atoms with Crippen molar-refractivity contribution in [2.75, 3.05) is 0 Å². The Balaban J connectivity index is 3.31. The first-order chi connectivity index (χ1) is 7.74. The normalized spacial score (nSPS) is 15.7. The smallest absolute Gasteiger partial charge is 0.376 e. The Hall–Kier alpha value is -1.03. The van der Waals surface area contributed by atoms with Gasteiger partial charge in [0.05, 0.1) is 0 Å². The average Bonchev–Trinajstić information content (AvgIpc) is 2.26. The van der Waals surface area contributed by atoms with Crippen LogP contribution in [0.1, 0.15) is 37.5 Å². The summed E-state index contributed by atoms with van der Waals surface area (Å²) in [4.78, 5) is 0. The standard InChI is InChI=1S/C13H17F3O/c1-4-9-6-7-11(10(5-2)8-9)12(3,17)13(14,15)16/h6-8,17H,4-5H2,1-3H3. The Morgan fingerprint density at radius 2 is 1.71 bits per heavy atom. The molecule has 0 spiro atoms. The molecule has 1 nitrogen and oxygen atoms in total. The molecule has 0 bridgehead atoms. The molecule has 0 aliphatic rings. The van der Waals surface area contributed by atoms with Crippen LogP contribution in [-0.4, -0.2) is 11.3 Å². The van der Waals surface area contributed by atoms with Gasteiger partial charge in [0.1, 0.15) is 0 Å². The molecule has 1 unspecified atom stereocenters. The van der Waals surface area contributed by atoms with Crippen LogP contribution in [0.25, 0.3) is 0 Å². The van der Waals surface area contributed by atoms with E-state index in [0.717, 1.165) is 18.9 Å². The first kappa shape index (κ1) is 14.0. The average molecular weight is 246 g/mol. The van der Waals surface area contributed by atoms with Gasteiger partial charge in [0.2, 0.25) is 0 Å². The molecule has 0 aliphatic heterocycles. The molecule has 4 heteroatoms. The summed E-state index contributed by atoms with van der Waals surface area (Å²) in [5.41, 5.74) is -1.31. The van der Waals surface area contributed by atoms with Crippen LogP contribution in [0.15, 0.2) is 18.2 Å². The second-order valence-corrected chi connectivity index (χ2v) is 4.27. The second-order valence-electron chi connectivity index (χ2n) is 4.27. The Labute approximate surface area is 99.3 Å². The molecule has 17 heavy (non-hydrogen) atoms. The molecule has 0 aliphatic carbocycles. The highest BCUT2D eigenvalue weighted by atomic mass is 19.4. The molecule has 0 aromatic heterocycles. The fraction of sp³-hybridized carbons (Fsp3) is 0.538. The lowest BCUT2D eigenvalue weighted by molar-refractivity contribution is -0.259. The lowest BCUT2D eigenvalue weighted by Crippen LogP contribution is -2.40. The highest BCUT2D eigenvalue weighted by Gasteiger charge is 2.51. The molecule has 1 aromatic carbocycles. The Kier molecular flexibility index (Phi) is 3.87. The van der Waals surface area contributed by atoms with Crippen LogP contribution in [-0.2, 0) is 18.4 Å². The summed E-state index contributed by atoms with van der Waals surface area (Å²) in [6, 6.07) is 4.75. The van der Waals surface area contributed by atoms with E-state index in [-0.39, 0.29) is 5.56 Å². The van der Waals surface area contributed by atoms with Gasteiger partial charge >= 0.3 is 6.18 Å². The zero-order valence-electron chi connectivity index (χ0n) is 10.2. The molecule has 0 saturated heterocycles. The van der Waals surface area contributed by atoms with E-state index in [4.69, 9.17) is 0 Å². The highest BCUT2D eigenvalue weighted by molar-refractivity contribution is 5.36. The predicted octanol–water partition coefficient (Wildman–Crippen LogP) is 3.58. The zero-order chi connectivity index (χ0) is 13.3. The predicted molar refractivity (Wildman–Crippen MR) is 60.8 cm³/mol. The van der Waals surface area contributed by atoms with E-state index in [1.165, 1.54) is 6.07 Å². The van der Waals surface area contributed by atoms with Gasteiger partial charge in [-0.15, -0.1) is 0 Å². The van der Waals surface area contributed by atoms with Crippen LogP contribution in [0.5, 0.6) is 0 Å². The van der Waals surface area contributed by atoms with Crippen molar-refractivity contribution < 1.29 is 18.3 Å². The van der Waals surface area contributed by atoms with Gasteiger partial charge in [-0.3, -0.25) is 0 Å². The van der Waals surface area contributed by atoms with Crippen LogP contribution in [0.3, 0.4) is 0 Å². The maximum absolute atomic E-state index is 12.8. The van der Waals surface area contributed by atoms with Crippen molar-refractivity contribution in [2.24, 2.45) is 0 Å². The first-order valence-corrected chi connectivity index (χ1v) is 5.65. The van der Waals surface area contributed by atoms with Crippen LogP contribution >= 0.6 is 0 Å². The van der Waals surface area contributed by atoms with E-state index in [1.807, 2.05) is 6.92 Å². The van der Waals surface area contributed by atoms with Gasteiger partial charge < -0.3 is 5.11 Å². The van der Waals surface area contributed by atoms with Gasteiger partial charge in [0, 0.05) is 0 Å². The summed E-state index contributed by atoms with van der Waals surface area (Å²) in [6.07, 6.45) is -3.43. The molecule has 1 atom stereocenters. The fourth-order valence-corrected chi connectivity index (χ4v) is 1.79. The number of aryl methyl sites for hydroxylation is 2. The number of aliphatic hydroxyl groups is 1. The lowest BCUT2D eigenvalue weighted by Gasteiger charge is -2.29. The third-order valence-corrected chi connectivity index (χ3v) is 3.04. The number of benzene rings is 1. The number of hydrogen-bond acceptors (Lipinski definition) is 1. The van der Waals surface area contributed by atoms with Crippen LogP contribution in [0.2, 0.25) is 0 Å². The molecule has 0 fully saturated rings. The Bertz CT molecular complexity index is 394.